The lowest BCUT2D eigenvalue weighted by atomic mass is 9.99. The van der Waals surface area contributed by atoms with Gasteiger partial charge in [0.05, 0.1) is 19.8 Å². The van der Waals surface area contributed by atoms with Gasteiger partial charge in [-0.05, 0) is 72.2 Å². The fourth-order valence-electron chi connectivity index (χ4n) is 3.24. The molecule has 0 aliphatic carbocycles. The van der Waals surface area contributed by atoms with Crippen molar-refractivity contribution in [2.45, 2.75) is 25.7 Å². The van der Waals surface area contributed by atoms with E-state index in [1.165, 1.54) is 29.4 Å². The van der Waals surface area contributed by atoms with Gasteiger partial charge in [0.1, 0.15) is 5.75 Å². The molecule has 3 aromatic rings. The molecule has 0 amide bonds. The van der Waals surface area contributed by atoms with Crippen molar-refractivity contribution in [2.75, 3.05) is 14.2 Å². The minimum Gasteiger partial charge on any atom is -0.497 e. The molecule has 0 radical (unpaired) electrons. The second-order valence-corrected chi connectivity index (χ2v) is 6.86. The normalized spacial score (nSPS) is 10.5. The Hall–Kier alpha value is -3.07. The highest BCUT2D eigenvalue weighted by molar-refractivity contribution is 5.89. The van der Waals surface area contributed by atoms with Crippen molar-refractivity contribution in [1.29, 1.82) is 0 Å². The van der Waals surface area contributed by atoms with Crippen LogP contribution in [0.2, 0.25) is 0 Å². The van der Waals surface area contributed by atoms with Crippen LogP contribution in [0.1, 0.15) is 32.6 Å². The fourth-order valence-corrected chi connectivity index (χ4v) is 3.24. The molecule has 3 heteroatoms. The molecule has 0 aliphatic rings. The number of rotatable bonds is 8. The van der Waals surface area contributed by atoms with E-state index in [1.54, 1.807) is 7.11 Å². The van der Waals surface area contributed by atoms with Crippen LogP contribution in [0.5, 0.6) is 5.75 Å². The summed E-state index contributed by atoms with van der Waals surface area (Å²) in [5.74, 6) is 0.599. The summed E-state index contributed by atoms with van der Waals surface area (Å²) in [6.07, 6.45) is 3.97. The second-order valence-electron chi connectivity index (χ2n) is 6.86. The number of ether oxygens (including phenoxy) is 2. The number of hydrogen-bond donors (Lipinski definition) is 0. The summed E-state index contributed by atoms with van der Waals surface area (Å²) < 4.78 is 9.95. The lowest BCUT2D eigenvalue weighted by molar-refractivity contribution is 0.0600. The molecule has 0 saturated heterocycles. The van der Waals surface area contributed by atoms with Crippen molar-refractivity contribution in [3.63, 3.8) is 0 Å². The zero-order chi connectivity index (χ0) is 19.8. The molecule has 0 heterocycles. The van der Waals surface area contributed by atoms with Gasteiger partial charge in [-0.25, -0.2) is 4.79 Å². The van der Waals surface area contributed by atoms with Gasteiger partial charge in [-0.1, -0.05) is 48.5 Å². The smallest absolute Gasteiger partial charge is 0.337 e. The first-order valence-electron chi connectivity index (χ1n) is 9.56. The van der Waals surface area contributed by atoms with Crippen molar-refractivity contribution < 1.29 is 14.3 Å². The second kappa shape index (κ2) is 9.75. The zero-order valence-corrected chi connectivity index (χ0v) is 16.5. The first-order chi connectivity index (χ1) is 13.7. The minimum atomic E-state index is -0.295. The van der Waals surface area contributed by atoms with Gasteiger partial charge in [-0.2, -0.15) is 0 Å². The average Bonchev–Trinajstić information content (AvgIpc) is 2.76. The average molecular weight is 374 g/mol. The maximum Gasteiger partial charge on any atom is 0.337 e. The van der Waals surface area contributed by atoms with Crippen LogP contribution < -0.4 is 4.74 Å². The van der Waals surface area contributed by atoms with E-state index in [-0.39, 0.29) is 5.97 Å². The van der Waals surface area contributed by atoms with Gasteiger partial charge >= 0.3 is 5.97 Å². The third kappa shape index (κ3) is 5.46. The Morgan fingerprint density at radius 1 is 0.679 bits per heavy atom. The van der Waals surface area contributed by atoms with Crippen LogP contribution in [0.3, 0.4) is 0 Å². The Balaban J connectivity index is 1.54. The van der Waals surface area contributed by atoms with Crippen molar-refractivity contribution in [2.24, 2.45) is 0 Å². The monoisotopic (exact) mass is 374 g/mol. The van der Waals surface area contributed by atoms with E-state index in [4.69, 9.17) is 9.47 Å². The Morgan fingerprint density at radius 2 is 1.18 bits per heavy atom. The molecule has 28 heavy (non-hydrogen) atoms. The summed E-state index contributed by atoms with van der Waals surface area (Å²) in [5, 5.41) is 0. The highest BCUT2D eigenvalue weighted by atomic mass is 16.5. The Bertz CT molecular complexity index is 896. The van der Waals surface area contributed by atoms with E-state index in [1.807, 2.05) is 36.4 Å². The molecule has 0 spiro atoms. The number of hydrogen-bond acceptors (Lipinski definition) is 3. The Morgan fingerprint density at radius 3 is 1.68 bits per heavy atom. The van der Waals surface area contributed by atoms with Crippen LogP contribution in [-0.2, 0) is 30.4 Å². The van der Waals surface area contributed by atoms with Gasteiger partial charge in [0.15, 0.2) is 0 Å². The van der Waals surface area contributed by atoms with Gasteiger partial charge in [0, 0.05) is 0 Å². The zero-order valence-electron chi connectivity index (χ0n) is 16.5. The van der Waals surface area contributed by atoms with Gasteiger partial charge in [0.25, 0.3) is 0 Å². The molecule has 0 fully saturated rings. The molecule has 0 atom stereocenters. The molecular formula is C25H26O3. The maximum atomic E-state index is 11.5. The summed E-state index contributed by atoms with van der Waals surface area (Å²) in [7, 11) is 3.09. The van der Waals surface area contributed by atoms with Crippen molar-refractivity contribution in [3.8, 4) is 5.75 Å². The lowest BCUT2D eigenvalue weighted by Crippen LogP contribution is -2.01. The van der Waals surface area contributed by atoms with Gasteiger partial charge in [0.2, 0.25) is 0 Å². The molecule has 0 N–H and O–H groups in total. The van der Waals surface area contributed by atoms with Crippen LogP contribution >= 0.6 is 0 Å². The fraction of sp³-hybridized carbons (Fsp3) is 0.240. The van der Waals surface area contributed by atoms with Crippen molar-refractivity contribution >= 4 is 5.97 Å². The third-order valence-corrected chi connectivity index (χ3v) is 4.93. The highest BCUT2D eigenvalue weighted by Gasteiger charge is 2.05. The van der Waals surface area contributed by atoms with Crippen LogP contribution in [-0.4, -0.2) is 20.2 Å². The van der Waals surface area contributed by atoms with Crippen molar-refractivity contribution in [1.82, 2.24) is 0 Å². The summed E-state index contributed by atoms with van der Waals surface area (Å²) in [6, 6.07) is 24.7. The summed E-state index contributed by atoms with van der Waals surface area (Å²) in [4.78, 5) is 11.5. The number of methoxy groups -OCH3 is 2. The SMILES string of the molecule is COC(=O)c1ccc(CCc2cccc(CCc3ccc(OC)cc3)c2)cc1. The molecule has 0 aliphatic heterocycles. The molecule has 3 nitrogen and oxygen atoms in total. The summed E-state index contributed by atoms with van der Waals surface area (Å²) in [6.45, 7) is 0. The summed E-state index contributed by atoms with van der Waals surface area (Å²) in [5.41, 5.74) is 5.82. The van der Waals surface area contributed by atoms with Crippen LogP contribution in [0.15, 0.2) is 72.8 Å². The molecule has 3 aromatic carbocycles. The molecule has 0 unspecified atom stereocenters. The molecular weight excluding hydrogens is 348 g/mol. The highest BCUT2D eigenvalue weighted by Crippen LogP contribution is 2.15. The Labute approximate surface area is 166 Å². The lowest BCUT2D eigenvalue weighted by Gasteiger charge is -2.07. The predicted molar refractivity (Wildman–Crippen MR) is 112 cm³/mol. The molecule has 0 aromatic heterocycles. The maximum absolute atomic E-state index is 11.5. The largest absolute Gasteiger partial charge is 0.497 e. The number of esters is 1. The van der Waals surface area contributed by atoms with Gasteiger partial charge in [-0.3, -0.25) is 0 Å². The van der Waals surface area contributed by atoms with Crippen LogP contribution in [0, 0.1) is 0 Å². The third-order valence-electron chi connectivity index (χ3n) is 4.93. The predicted octanol–water partition coefficient (Wildman–Crippen LogP) is 5.05. The quantitative estimate of drug-likeness (QED) is 0.518. The number of aryl methyl sites for hydroxylation is 4. The van der Waals surface area contributed by atoms with Gasteiger partial charge < -0.3 is 9.47 Å². The summed E-state index contributed by atoms with van der Waals surface area (Å²) >= 11 is 0. The van der Waals surface area contributed by atoms with Crippen molar-refractivity contribution in [3.05, 3.63) is 101 Å². The van der Waals surface area contributed by atoms with E-state index in [0.29, 0.717) is 5.56 Å². The number of carbonyl (C=O) groups excluding carboxylic acids is 1. The molecule has 144 valence electrons. The molecule has 0 saturated carbocycles. The number of carbonyl (C=O) groups is 1. The Kier molecular flexibility index (Phi) is 6.85. The first kappa shape index (κ1) is 19.7. The topological polar surface area (TPSA) is 35.5 Å². The molecule has 3 rings (SSSR count). The standard InChI is InChI=1S/C25H26O3/c1-27-24-16-12-20(13-17-24)7-9-22-5-3-4-21(18-22)8-6-19-10-14-23(15-11-19)25(26)28-2/h3-5,10-18H,6-9H2,1-2H3. The van der Waals surface area contributed by atoms with E-state index in [0.717, 1.165) is 31.4 Å². The van der Waals surface area contributed by atoms with Crippen LogP contribution in [0.4, 0.5) is 0 Å². The van der Waals surface area contributed by atoms with Crippen LogP contribution in [0.25, 0.3) is 0 Å². The minimum absolute atomic E-state index is 0.295. The van der Waals surface area contributed by atoms with E-state index < -0.39 is 0 Å². The number of benzene rings is 3. The first-order valence-corrected chi connectivity index (χ1v) is 9.56. The molecule has 0 bridgehead atoms. The van der Waals surface area contributed by atoms with E-state index in [9.17, 15) is 4.79 Å². The van der Waals surface area contributed by atoms with E-state index >= 15 is 0 Å². The van der Waals surface area contributed by atoms with E-state index in [2.05, 4.69) is 36.4 Å². The van der Waals surface area contributed by atoms with Gasteiger partial charge in [-0.15, -0.1) is 0 Å².